The average molecular weight is 218 g/mol. The van der Waals surface area contributed by atoms with E-state index in [1.807, 2.05) is 6.07 Å². The van der Waals surface area contributed by atoms with Crippen LogP contribution < -0.4 is 5.32 Å². The van der Waals surface area contributed by atoms with Gasteiger partial charge in [-0.2, -0.15) is 5.26 Å². The molecule has 0 unspecified atom stereocenters. The fourth-order valence-electron chi connectivity index (χ4n) is 1.21. The second-order valence-electron chi connectivity index (χ2n) is 3.64. The standard InChI is InChI=1S/C12H14N2O2/c1-9(15)8-14-12(16)6-10-2-4-11(7-13)5-3-10/h2-5,9,15H,6,8H2,1H3,(H,14,16)/t9-/m1/s1. The molecule has 1 rings (SSSR count). The minimum Gasteiger partial charge on any atom is -0.392 e. The van der Waals surface area contributed by atoms with Crippen LogP contribution in [0.3, 0.4) is 0 Å². The van der Waals surface area contributed by atoms with E-state index in [0.717, 1.165) is 5.56 Å². The number of rotatable bonds is 4. The highest BCUT2D eigenvalue weighted by molar-refractivity contribution is 5.78. The molecule has 0 fully saturated rings. The van der Waals surface area contributed by atoms with Crippen molar-refractivity contribution in [3.63, 3.8) is 0 Å². The average Bonchev–Trinajstić information content (AvgIpc) is 2.27. The van der Waals surface area contributed by atoms with E-state index in [9.17, 15) is 4.79 Å². The number of aliphatic hydroxyl groups excluding tert-OH is 1. The van der Waals surface area contributed by atoms with Crippen molar-refractivity contribution in [2.45, 2.75) is 19.4 Å². The molecule has 1 atom stereocenters. The lowest BCUT2D eigenvalue weighted by molar-refractivity contribution is -0.120. The number of hydrogen-bond donors (Lipinski definition) is 2. The van der Waals surface area contributed by atoms with Crippen molar-refractivity contribution < 1.29 is 9.90 Å². The van der Waals surface area contributed by atoms with Gasteiger partial charge in [-0.25, -0.2) is 0 Å². The summed E-state index contributed by atoms with van der Waals surface area (Å²) in [6.45, 7) is 1.87. The number of nitriles is 1. The van der Waals surface area contributed by atoms with E-state index in [4.69, 9.17) is 10.4 Å². The third kappa shape index (κ3) is 4.11. The van der Waals surface area contributed by atoms with Crippen LogP contribution in [0.1, 0.15) is 18.1 Å². The number of nitrogens with zero attached hydrogens (tertiary/aromatic N) is 1. The van der Waals surface area contributed by atoms with E-state index >= 15 is 0 Å². The molecule has 0 heterocycles. The summed E-state index contributed by atoms with van der Waals surface area (Å²) in [6, 6.07) is 8.87. The summed E-state index contributed by atoms with van der Waals surface area (Å²) in [5.41, 5.74) is 1.43. The minimum absolute atomic E-state index is 0.134. The number of carbonyl (C=O) groups excluding carboxylic acids is 1. The summed E-state index contributed by atoms with van der Waals surface area (Å²) in [5, 5.41) is 20.2. The van der Waals surface area contributed by atoms with Gasteiger partial charge in [0.1, 0.15) is 0 Å². The van der Waals surface area contributed by atoms with E-state index in [1.54, 1.807) is 31.2 Å². The second-order valence-corrected chi connectivity index (χ2v) is 3.64. The van der Waals surface area contributed by atoms with Crippen molar-refractivity contribution >= 4 is 5.91 Å². The van der Waals surface area contributed by atoms with Gasteiger partial charge in [0.2, 0.25) is 5.91 Å². The molecular weight excluding hydrogens is 204 g/mol. The Morgan fingerprint density at radius 1 is 1.50 bits per heavy atom. The fourth-order valence-corrected chi connectivity index (χ4v) is 1.21. The van der Waals surface area contributed by atoms with Crippen LogP contribution in [0.25, 0.3) is 0 Å². The molecule has 0 aromatic heterocycles. The molecule has 4 nitrogen and oxygen atoms in total. The largest absolute Gasteiger partial charge is 0.392 e. The van der Waals surface area contributed by atoms with Gasteiger partial charge in [0.15, 0.2) is 0 Å². The molecule has 0 radical (unpaired) electrons. The molecule has 0 spiro atoms. The minimum atomic E-state index is -0.537. The van der Waals surface area contributed by atoms with Crippen molar-refractivity contribution in [3.05, 3.63) is 35.4 Å². The summed E-state index contributed by atoms with van der Waals surface area (Å²) in [7, 11) is 0. The third-order valence-corrected chi connectivity index (χ3v) is 2.04. The van der Waals surface area contributed by atoms with Gasteiger partial charge in [0, 0.05) is 6.54 Å². The summed E-state index contributed by atoms with van der Waals surface area (Å²) in [5.74, 6) is -0.134. The first kappa shape index (κ1) is 12.2. The molecule has 0 aliphatic rings. The molecule has 0 saturated heterocycles. The number of aliphatic hydroxyl groups is 1. The fraction of sp³-hybridized carbons (Fsp3) is 0.333. The smallest absolute Gasteiger partial charge is 0.224 e. The van der Waals surface area contributed by atoms with E-state index in [2.05, 4.69) is 5.32 Å². The lowest BCUT2D eigenvalue weighted by Gasteiger charge is -2.06. The topological polar surface area (TPSA) is 73.1 Å². The van der Waals surface area contributed by atoms with Crippen LogP contribution in [0.5, 0.6) is 0 Å². The van der Waals surface area contributed by atoms with Gasteiger partial charge in [-0.15, -0.1) is 0 Å². The Morgan fingerprint density at radius 2 is 2.12 bits per heavy atom. The monoisotopic (exact) mass is 218 g/mol. The molecule has 1 aromatic carbocycles. The van der Waals surface area contributed by atoms with Gasteiger partial charge >= 0.3 is 0 Å². The highest BCUT2D eigenvalue weighted by atomic mass is 16.3. The number of benzene rings is 1. The lowest BCUT2D eigenvalue weighted by Crippen LogP contribution is -2.31. The van der Waals surface area contributed by atoms with E-state index in [1.165, 1.54) is 0 Å². The predicted octanol–water partition coefficient (Wildman–Crippen LogP) is 0.598. The van der Waals surface area contributed by atoms with Crippen molar-refractivity contribution in [1.29, 1.82) is 5.26 Å². The molecule has 0 aliphatic heterocycles. The van der Waals surface area contributed by atoms with Crippen molar-refractivity contribution in [2.75, 3.05) is 6.54 Å². The van der Waals surface area contributed by atoms with Gasteiger partial charge in [-0.05, 0) is 24.6 Å². The molecule has 0 aliphatic carbocycles. The first-order valence-electron chi connectivity index (χ1n) is 5.05. The highest BCUT2D eigenvalue weighted by Crippen LogP contribution is 2.03. The Kier molecular flexibility index (Phi) is 4.49. The molecule has 2 N–H and O–H groups in total. The summed E-state index contributed by atoms with van der Waals surface area (Å²) >= 11 is 0. The van der Waals surface area contributed by atoms with Crippen LogP contribution in [-0.4, -0.2) is 23.7 Å². The molecule has 1 aromatic rings. The van der Waals surface area contributed by atoms with E-state index in [-0.39, 0.29) is 18.9 Å². The van der Waals surface area contributed by atoms with E-state index < -0.39 is 6.10 Å². The number of hydrogen-bond acceptors (Lipinski definition) is 3. The Labute approximate surface area is 94.5 Å². The zero-order valence-electron chi connectivity index (χ0n) is 9.10. The maximum atomic E-state index is 11.4. The zero-order valence-corrected chi connectivity index (χ0v) is 9.10. The Morgan fingerprint density at radius 3 is 2.62 bits per heavy atom. The van der Waals surface area contributed by atoms with Gasteiger partial charge in [0.05, 0.1) is 24.2 Å². The molecule has 4 heteroatoms. The van der Waals surface area contributed by atoms with Gasteiger partial charge in [-0.3, -0.25) is 4.79 Å². The number of nitrogens with one attached hydrogen (secondary N) is 1. The van der Waals surface area contributed by atoms with Crippen LogP contribution in [-0.2, 0) is 11.2 Å². The molecule has 84 valence electrons. The molecule has 0 saturated carbocycles. The Hall–Kier alpha value is -1.86. The summed E-state index contributed by atoms with van der Waals surface area (Å²) in [6.07, 6.45) is -0.275. The Bertz CT molecular complexity index is 390. The highest BCUT2D eigenvalue weighted by Gasteiger charge is 2.04. The number of amides is 1. The maximum Gasteiger partial charge on any atom is 0.224 e. The summed E-state index contributed by atoms with van der Waals surface area (Å²) in [4.78, 5) is 11.4. The van der Waals surface area contributed by atoms with Crippen LogP contribution in [0.15, 0.2) is 24.3 Å². The maximum absolute atomic E-state index is 11.4. The second kappa shape index (κ2) is 5.89. The van der Waals surface area contributed by atoms with E-state index in [0.29, 0.717) is 5.56 Å². The number of carbonyl (C=O) groups is 1. The quantitative estimate of drug-likeness (QED) is 0.777. The molecule has 1 amide bonds. The van der Waals surface area contributed by atoms with Gasteiger partial charge < -0.3 is 10.4 Å². The van der Waals surface area contributed by atoms with Crippen molar-refractivity contribution in [3.8, 4) is 6.07 Å². The molecular formula is C12H14N2O2. The normalized spacial score (nSPS) is 11.6. The van der Waals surface area contributed by atoms with Crippen LogP contribution >= 0.6 is 0 Å². The summed E-state index contributed by atoms with van der Waals surface area (Å²) < 4.78 is 0. The van der Waals surface area contributed by atoms with Crippen molar-refractivity contribution in [1.82, 2.24) is 5.32 Å². The molecule has 16 heavy (non-hydrogen) atoms. The predicted molar refractivity (Wildman–Crippen MR) is 59.6 cm³/mol. The van der Waals surface area contributed by atoms with Gasteiger partial charge in [-0.1, -0.05) is 12.1 Å². The van der Waals surface area contributed by atoms with Crippen LogP contribution in [0, 0.1) is 11.3 Å². The van der Waals surface area contributed by atoms with Crippen LogP contribution in [0.2, 0.25) is 0 Å². The van der Waals surface area contributed by atoms with Gasteiger partial charge in [0.25, 0.3) is 0 Å². The first-order valence-corrected chi connectivity index (χ1v) is 5.05. The zero-order chi connectivity index (χ0) is 12.0. The van der Waals surface area contributed by atoms with Crippen LogP contribution in [0.4, 0.5) is 0 Å². The van der Waals surface area contributed by atoms with Crippen molar-refractivity contribution in [2.24, 2.45) is 0 Å². The third-order valence-electron chi connectivity index (χ3n) is 2.04. The Balaban J connectivity index is 2.47. The first-order chi connectivity index (χ1) is 7.61. The SMILES string of the molecule is C[C@@H](O)CNC(=O)Cc1ccc(C#N)cc1. The molecule has 0 bridgehead atoms. The lowest BCUT2D eigenvalue weighted by atomic mass is 10.1.